The Kier molecular flexibility index (Phi) is 6.52. The Morgan fingerprint density at radius 2 is 1.62 bits per heavy atom. The van der Waals surface area contributed by atoms with Gasteiger partial charge in [-0.15, -0.1) is 0 Å². The summed E-state index contributed by atoms with van der Waals surface area (Å²) in [5, 5.41) is 0. The molecule has 0 aliphatic heterocycles. The number of hydrogen-bond acceptors (Lipinski definition) is 4. The normalized spacial score (nSPS) is 12.3. The number of amides is 2. The lowest BCUT2D eigenvalue weighted by atomic mass is 9.97. The van der Waals surface area contributed by atoms with Gasteiger partial charge in [0.2, 0.25) is 21.8 Å². The molecule has 2 aromatic carbocycles. The van der Waals surface area contributed by atoms with Gasteiger partial charge in [-0.3, -0.25) is 14.3 Å². The molecule has 1 atom stereocenters. The summed E-state index contributed by atoms with van der Waals surface area (Å²) >= 11 is 0. The second-order valence-corrected chi connectivity index (χ2v) is 7.73. The summed E-state index contributed by atoms with van der Waals surface area (Å²) in [5.74, 6) is -2.98. The number of carbonyl (C=O) groups excluding carboxylic acids is 2. The fourth-order valence-electron chi connectivity index (χ4n) is 2.49. The molecular weight excluding hydrogens is 352 g/mol. The van der Waals surface area contributed by atoms with Crippen molar-refractivity contribution in [2.45, 2.75) is 12.8 Å². The van der Waals surface area contributed by atoms with Crippen molar-refractivity contribution in [3.05, 3.63) is 66.6 Å². The van der Waals surface area contributed by atoms with E-state index >= 15 is 0 Å². The van der Waals surface area contributed by atoms with Crippen LogP contribution in [0.15, 0.2) is 54.6 Å². The fraction of sp³-hybridized carbons (Fsp3) is 0.211. The van der Waals surface area contributed by atoms with Gasteiger partial charge in [-0.2, -0.15) is 0 Å². The van der Waals surface area contributed by atoms with Crippen LogP contribution in [-0.2, 0) is 26.0 Å². The zero-order valence-corrected chi connectivity index (χ0v) is 15.2. The van der Waals surface area contributed by atoms with E-state index in [1.807, 2.05) is 54.6 Å². The van der Waals surface area contributed by atoms with E-state index in [1.54, 1.807) is 11.1 Å². The zero-order chi connectivity index (χ0) is 19.2. The molecule has 2 aromatic rings. The van der Waals surface area contributed by atoms with E-state index in [9.17, 15) is 18.0 Å². The van der Waals surface area contributed by atoms with Crippen LogP contribution < -0.4 is 10.5 Å². The van der Waals surface area contributed by atoms with Crippen LogP contribution in [0.25, 0.3) is 11.1 Å². The van der Waals surface area contributed by atoms with Gasteiger partial charge in [0, 0.05) is 0 Å². The number of hydrogen-bond donors (Lipinski definition) is 2. The summed E-state index contributed by atoms with van der Waals surface area (Å²) in [5.41, 5.74) is 8.43. The third kappa shape index (κ3) is 6.00. The molecule has 2 rings (SSSR count). The average molecular weight is 373 g/mol. The third-order valence-corrected chi connectivity index (χ3v) is 4.36. The first-order valence-electron chi connectivity index (χ1n) is 8.03. The molecule has 6 nitrogen and oxygen atoms in total. The highest BCUT2D eigenvalue weighted by molar-refractivity contribution is 7.89. The highest BCUT2D eigenvalue weighted by Gasteiger charge is 2.26. The van der Waals surface area contributed by atoms with Crippen LogP contribution in [0.5, 0.6) is 0 Å². The van der Waals surface area contributed by atoms with Crippen LogP contribution in [0.3, 0.4) is 0 Å². The molecule has 0 unspecified atom stereocenters. The van der Waals surface area contributed by atoms with Gasteiger partial charge in [0.1, 0.15) is 5.92 Å². The minimum absolute atomic E-state index is 0.0666. The van der Waals surface area contributed by atoms with E-state index in [2.05, 4.69) is 0 Å². The lowest BCUT2D eigenvalue weighted by Crippen LogP contribution is -2.41. The van der Waals surface area contributed by atoms with Crippen LogP contribution in [0.2, 0.25) is 0 Å². The minimum atomic E-state index is -3.73. The predicted octanol–water partition coefficient (Wildman–Crippen LogP) is 1.67. The van der Waals surface area contributed by atoms with Crippen LogP contribution in [0.1, 0.15) is 12.0 Å². The van der Waals surface area contributed by atoms with Gasteiger partial charge in [0.25, 0.3) is 0 Å². The fourth-order valence-corrected chi connectivity index (χ4v) is 2.99. The highest BCUT2D eigenvalue weighted by atomic mass is 32.2. The molecule has 0 heterocycles. The second-order valence-electron chi connectivity index (χ2n) is 5.98. The zero-order valence-electron chi connectivity index (χ0n) is 14.4. The van der Waals surface area contributed by atoms with E-state index in [4.69, 9.17) is 5.73 Å². The molecule has 0 saturated carbocycles. The van der Waals surface area contributed by atoms with Gasteiger partial charge >= 0.3 is 0 Å². The van der Waals surface area contributed by atoms with Crippen LogP contribution >= 0.6 is 0 Å². The molecule has 0 spiro atoms. The predicted molar refractivity (Wildman–Crippen MR) is 100 cm³/mol. The van der Waals surface area contributed by atoms with Crippen molar-refractivity contribution in [3.8, 4) is 11.1 Å². The largest absolute Gasteiger partial charge is 0.369 e. The van der Waals surface area contributed by atoms with Crippen molar-refractivity contribution in [1.29, 1.82) is 0 Å². The lowest BCUT2D eigenvalue weighted by molar-refractivity contribution is -0.132. The number of primary amides is 1. The monoisotopic (exact) mass is 373 g/mol. The maximum absolute atomic E-state index is 11.8. The SMILES string of the molecule is CS(=O)(=O)NC(=O)[C@H](C[CH]Cc1ccc(-c2ccccc2)cc1)C(N)=O. The number of benzene rings is 2. The Morgan fingerprint density at radius 3 is 2.15 bits per heavy atom. The minimum Gasteiger partial charge on any atom is -0.369 e. The second kappa shape index (κ2) is 8.62. The molecule has 7 heteroatoms. The molecule has 3 N–H and O–H groups in total. The molecule has 0 fully saturated rings. The van der Waals surface area contributed by atoms with Crippen LogP contribution in [-0.4, -0.2) is 26.5 Å². The number of nitrogens with two attached hydrogens (primary N) is 1. The molecular formula is C19H21N2O4S. The number of nitrogens with one attached hydrogen (secondary N) is 1. The summed E-state index contributed by atoms with van der Waals surface area (Å²) in [6, 6.07) is 17.9. The van der Waals surface area contributed by atoms with Gasteiger partial charge in [-0.1, -0.05) is 54.6 Å². The number of rotatable bonds is 8. The Morgan fingerprint density at radius 1 is 1.04 bits per heavy atom. The molecule has 0 aromatic heterocycles. The van der Waals surface area contributed by atoms with Gasteiger partial charge in [0.15, 0.2) is 0 Å². The first-order chi connectivity index (χ1) is 12.3. The van der Waals surface area contributed by atoms with Gasteiger partial charge in [0.05, 0.1) is 6.26 Å². The van der Waals surface area contributed by atoms with Crippen LogP contribution in [0, 0.1) is 12.3 Å². The summed E-state index contributed by atoms with van der Waals surface area (Å²) in [6.07, 6.45) is 3.19. The molecule has 26 heavy (non-hydrogen) atoms. The van der Waals surface area contributed by atoms with E-state index in [1.165, 1.54) is 0 Å². The van der Waals surface area contributed by atoms with Crippen molar-refractivity contribution in [1.82, 2.24) is 4.72 Å². The molecule has 137 valence electrons. The standard InChI is InChI=1S/C19H21N2O4S/c1-26(24,25)21-19(23)17(18(20)22)9-5-6-14-10-12-16(13-11-14)15-7-3-2-4-8-15/h2-5,7-8,10-13,17H,6,9H2,1H3,(H2,20,22)(H,21,23)/t17-/m1/s1. The number of sulfonamides is 1. The summed E-state index contributed by atoms with van der Waals surface area (Å²) in [4.78, 5) is 23.3. The quantitative estimate of drug-likeness (QED) is 0.686. The number of carbonyl (C=O) groups is 2. The van der Waals surface area contributed by atoms with Crippen molar-refractivity contribution in [2.75, 3.05) is 6.26 Å². The first kappa shape index (κ1) is 19.7. The van der Waals surface area contributed by atoms with Crippen LogP contribution in [0.4, 0.5) is 0 Å². The Balaban J connectivity index is 1.93. The van der Waals surface area contributed by atoms with Crippen molar-refractivity contribution < 1.29 is 18.0 Å². The molecule has 0 bridgehead atoms. The summed E-state index contributed by atoms with van der Waals surface area (Å²) in [7, 11) is -3.73. The summed E-state index contributed by atoms with van der Waals surface area (Å²) < 4.78 is 24.0. The van der Waals surface area contributed by atoms with Gasteiger partial charge in [-0.05, 0) is 36.0 Å². The van der Waals surface area contributed by atoms with E-state index in [-0.39, 0.29) is 6.42 Å². The van der Waals surface area contributed by atoms with Crippen molar-refractivity contribution in [2.24, 2.45) is 11.7 Å². The maximum Gasteiger partial charge on any atom is 0.245 e. The van der Waals surface area contributed by atoms with E-state index in [0.29, 0.717) is 6.42 Å². The van der Waals surface area contributed by atoms with Gasteiger partial charge < -0.3 is 5.73 Å². The Bertz CT molecular complexity index is 862. The topological polar surface area (TPSA) is 106 Å². The molecule has 0 aliphatic rings. The van der Waals surface area contributed by atoms with E-state index in [0.717, 1.165) is 22.9 Å². The highest BCUT2D eigenvalue weighted by Crippen LogP contribution is 2.20. The Labute approximate surface area is 153 Å². The summed E-state index contributed by atoms with van der Waals surface area (Å²) in [6.45, 7) is 0. The van der Waals surface area contributed by atoms with Crippen molar-refractivity contribution >= 4 is 21.8 Å². The molecule has 2 amide bonds. The third-order valence-electron chi connectivity index (χ3n) is 3.79. The molecule has 0 saturated heterocycles. The first-order valence-corrected chi connectivity index (χ1v) is 9.92. The average Bonchev–Trinajstić information content (AvgIpc) is 2.58. The smallest absolute Gasteiger partial charge is 0.245 e. The molecule has 0 aliphatic carbocycles. The molecule has 1 radical (unpaired) electrons. The van der Waals surface area contributed by atoms with E-state index < -0.39 is 27.8 Å². The van der Waals surface area contributed by atoms with Gasteiger partial charge in [-0.25, -0.2) is 8.42 Å². The lowest BCUT2D eigenvalue weighted by Gasteiger charge is -2.12. The van der Waals surface area contributed by atoms with Crippen molar-refractivity contribution in [3.63, 3.8) is 0 Å². The Hall–Kier alpha value is -2.67. The maximum atomic E-state index is 11.8.